The average Bonchev–Trinajstić information content (AvgIpc) is 2.75. The van der Waals surface area contributed by atoms with Gasteiger partial charge in [-0.1, -0.05) is 60.3 Å². The normalized spacial score (nSPS) is 10.6. The fourth-order valence-corrected chi connectivity index (χ4v) is 4.17. The summed E-state index contributed by atoms with van der Waals surface area (Å²) in [7, 11) is 1.61. The lowest BCUT2D eigenvalue weighted by Gasteiger charge is -2.14. The van der Waals surface area contributed by atoms with Gasteiger partial charge >= 0.3 is 0 Å². The molecule has 154 valence electrons. The van der Waals surface area contributed by atoms with Crippen molar-refractivity contribution in [2.24, 2.45) is 0 Å². The van der Waals surface area contributed by atoms with E-state index in [0.717, 1.165) is 32.1 Å². The Labute approximate surface area is 187 Å². The number of nitrogens with one attached hydrogen (secondary N) is 1. The predicted octanol–water partition coefficient (Wildman–Crippen LogP) is 6.24. The first-order valence-corrected chi connectivity index (χ1v) is 10.8. The lowest BCUT2D eigenvalue weighted by atomic mass is 10.00. The highest BCUT2D eigenvalue weighted by Crippen LogP contribution is 2.37. The van der Waals surface area contributed by atoms with Crippen molar-refractivity contribution < 1.29 is 9.53 Å². The second kappa shape index (κ2) is 10.5. The van der Waals surface area contributed by atoms with Gasteiger partial charge in [0.1, 0.15) is 0 Å². The maximum atomic E-state index is 12.3. The molecule has 5 heteroatoms. The van der Waals surface area contributed by atoms with Gasteiger partial charge < -0.3 is 10.1 Å². The van der Waals surface area contributed by atoms with E-state index in [0.29, 0.717) is 23.7 Å². The molecule has 3 nitrogen and oxygen atoms in total. The van der Waals surface area contributed by atoms with E-state index in [9.17, 15) is 4.79 Å². The average molecular weight is 438 g/mol. The highest BCUT2D eigenvalue weighted by atomic mass is 35.5. The third-order valence-corrected chi connectivity index (χ3v) is 6.16. The predicted molar refractivity (Wildman–Crippen MR) is 126 cm³/mol. The van der Waals surface area contributed by atoms with Crippen LogP contribution in [0.3, 0.4) is 0 Å². The number of carbonyl (C=O) groups excluding carboxylic acids is 1. The highest BCUT2D eigenvalue weighted by Gasteiger charge is 2.12. The molecule has 0 aliphatic heterocycles. The number of hydrogen-bond donors (Lipinski definition) is 1. The molecule has 0 aliphatic rings. The smallest absolute Gasteiger partial charge is 0.251 e. The number of amides is 1. The monoisotopic (exact) mass is 437 g/mol. The number of halogens is 1. The Morgan fingerprint density at radius 3 is 2.43 bits per heavy atom. The van der Waals surface area contributed by atoms with Gasteiger partial charge in [-0.05, 0) is 65.6 Å². The Balaban J connectivity index is 1.81. The maximum Gasteiger partial charge on any atom is 0.251 e. The number of methoxy groups -OCH3 is 1. The van der Waals surface area contributed by atoms with Gasteiger partial charge in [-0.15, -0.1) is 0 Å². The summed E-state index contributed by atoms with van der Waals surface area (Å²) in [5.41, 5.74) is 4.75. The Bertz CT molecular complexity index is 1050. The highest BCUT2D eigenvalue weighted by molar-refractivity contribution is 7.99. The van der Waals surface area contributed by atoms with Crippen LogP contribution >= 0.6 is 23.4 Å². The van der Waals surface area contributed by atoms with Crippen molar-refractivity contribution >= 4 is 34.8 Å². The van der Waals surface area contributed by atoms with Gasteiger partial charge in [-0.25, -0.2) is 0 Å². The van der Waals surface area contributed by atoms with Crippen molar-refractivity contribution in [3.63, 3.8) is 0 Å². The van der Waals surface area contributed by atoms with Crippen molar-refractivity contribution in [1.29, 1.82) is 0 Å². The second-order valence-corrected chi connectivity index (χ2v) is 8.33. The van der Waals surface area contributed by atoms with Gasteiger partial charge in [0.05, 0.1) is 6.61 Å². The lowest BCUT2D eigenvalue weighted by molar-refractivity contribution is 0.0937. The summed E-state index contributed by atoms with van der Waals surface area (Å²) in [6, 6.07) is 21.7. The Morgan fingerprint density at radius 2 is 1.73 bits per heavy atom. The Morgan fingerprint density at radius 1 is 1.03 bits per heavy atom. The molecule has 0 radical (unpaired) electrons. The fraction of sp³-hybridized carbons (Fsp3) is 0.160. The first kappa shape index (κ1) is 22.2. The van der Waals surface area contributed by atoms with Crippen molar-refractivity contribution in [1.82, 2.24) is 5.32 Å². The summed E-state index contributed by atoms with van der Waals surface area (Å²) < 4.78 is 4.97. The quantitative estimate of drug-likeness (QED) is 0.424. The molecule has 0 unspecified atom stereocenters. The van der Waals surface area contributed by atoms with Crippen LogP contribution in [0.25, 0.3) is 5.57 Å². The van der Waals surface area contributed by atoms with Crippen LogP contribution in [0.1, 0.15) is 27.0 Å². The van der Waals surface area contributed by atoms with Crippen molar-refractivity contribution in [2.75, 3.05) is 20.3 Å². The Hall–Kier alpha value is -2.53. The van der Waals surface area contributed by atoms with Crippen LogP contribution in [0.5, 0.6) is 0 Å². The molecule has 0 aliphatic carbocycles. The molecule has 1 N–H and O–H groups in total. The Kier molecular flexibility index (Phi) is 7.75. The van der Waals surface area contributed by atoms with Crippen LogP contribution in [0.15, 0.2) is 83.1 Å². The molecule has 3 aromatic rings. The van der Waals surface area contributed by atoms with Gasteiger partial charge in [-0.2, -0.15) is 0 Å². The van der Waals surface area contributed by atoms with Gasteiger partial charge in [-0.3, -0.25) is 4.79 Å². The second-order valence-electron chi connectivity index (χ2n) is 6.81. The summed E-state index contributed by atoms with van der Waals surface area (Å²) in [5, 5.41) is 3.56. The van der Waals surface area contributed by atoms with Crippen molar-refractivity contribution in [2.45, 2.75) is 16.7 Å². The van der Waals surface area contributed by atoms with Crippen molar-refractivity contribution in [3.05, 3.63) is 101 Å². The topological polar surface area (TPSA) is 38.3 Å². The molecular formula is C25H24ClNO2S. The van der Waals surface area contributed by atoms with E-state index in [1.807, 2.05) is 61.5 Å². The summed E-state index contributed by atoms with van der Waals surface area (Å²) in [6.07, 6.45) is 0. The molecule has 0 fully saturated rings. The zero-order valence-electron chi connectivity index (χ0n) is 17.1. The number of ether oxygens (including phenoxy) is 1. The molecular weight excluding hydrogens is 414 g/mol. The minimum atomic E-state index is -0.0942. The molecule has 0 aromatic heterocycles. The molecule has 30 heavy (non-hydrogen) atoms. The summed E-state index contributed by atoms with van der Waals surface area (Å²) in [5.74, 6) is -0.0942. The third-order valence-electron chi connectivity index (χ3n) is 4.65. The molecule has 0 saturated heterocycles. The van der Waals surface area contributed by atoms with Gasteiger partial charge in [0.2, 0.25) is 0 Å². The number of benzene rings is 3. The van der Waals surface area contributed by atoms with Crippen LogP contribution in [0, 0.1) is 6.92 Å². The molecule has 0 atom stereocenters. The van der Waals surface area contributed by atoms with Crippen LogP contribution in [-0.2, 0) is 4.74 Å². The molecule has 0 spiro atoms. The first-order valence-electron chi connectivity index (χ1n) is 9.59. The number of hydrogen-bond acceptors (Lipinski definition) is 3. The van der Waals surface area contributed by atoms with Crippen LogP contribution in [0.2, 0.25) is 5.02 Å². The van der Waals surface area contributed by atoms with E-state index in [4.69, 9.17) is 16.3 Å². The van der Waals surface area contributed by atoms with E-state index in [2.05, 4.69) is 24.0 Å². The molecule has 3 aromatic carbocycles. The van der Waals surface area contributed by atoms with Gasteiger partial charge in [0.15, 0.2) is 0 Å². The SMILES string of the molecule is C=C(c1ccc(Cl)cc1)c1ccccc1Sc1ccc(C(=O)NCCOC)cc1C. The first-order chi connectivity index (χ1) is 14.5. The number of rotatable bonds is 8. The van der Waals surface area contributed by atoms with Crippen molar-refractivity contribution in [3.8, 4) is 0 Å². The standard InChI is InChI=1S/C25H24ClNO2S/c1-17-16-20(25(28)27-14-15-29-3)10-13-23(17)30-24-7-5-4-6-22(24)18(2)19-8-11-21(26)12-9-19/h4-13,16H,2,14-15H2,1,3H3,(H,27,28). The summed E-state index contributed by atoms with van der Waals surface area (Å²) >= 11 is 7.69. The zero-order chi connectivity index (χ0) is 21.5. The maximum absolute atomic E-state index is 12.3. The molecule has 3 rings (SSSR count). The minimum absolute atomic E-state index is 0.0942. The van der Waals surface area contributed by atoms with Gasteiger partial charge in [0, 0.05) is 34.0 Å². The zero-order valence-corrected chi connectivity index (χ0v) is 18.6. The number of carbonyl (C=O) groups is 1. The lowest BCUT2D eigenvalue weighted by Crippen LogP contribution is -2.26. The van der Waals surface area contributed by atoms with E-state index < -0.39 is 0 Å². The van der Waals surface area contributed by atoms with E-state index in [-0.39, 0.29) is 5.91 Å². The largest absolute Gasteiger partial charge is 0.383 e. The van der Waals surface area contributed by atoms with E-state index in [1.54, 1.807) is 18.9 Å². The molecule has 0 saturated carbocycles. The van der Waals surface area contributed by atoms with Crippen LogP contribution in [0.4, 0.5) is 0 Å². The fourth-order valence-electron chi connectivity index (χ4n) is 3.00. The van der Waals surface area contributed by atoms with E-state index in [1.165, 1.54) is 0 Å². The molecule has 1 amide bonds. The molecule has 0 heterocycles. The van der Waals surface area contributed by atoms with Crippen LogP contribution < -0.4 is 5.32 Å². The van der Waals surface area contributed by atoms with E-state index >= 15 is 0 Å². The number of aryl methyl sites for hydroxylation is 1. The molecule has 0 bridgehead atoms. The minimum Gasteiger partial charge on any atom is -0.383 e. The third kappa shape index (κ3) is 5.54. The summed E-state index contributed by atoms with van der Waals surface area (Å²) in [4.78, 5) is 14.5. The van der Waals surface area contributed by atoms with Crippen LogP contribution in [-0.4, -0.2) is 26.2 Å². The van der Waals surface area contributed by atoms with Gasteiger partial charge in [0.25, 0.3) is 5.91 Å². The summed E-state index contributed by atoms with van der Waals surface area (Å²) in [6.45, 7) is 7.31.